The van der Waals surface area contributed by atoms with Crippen LogP contribution in [-0.4, -0.2) is 58.3 Å². The number of nitrogens with one attached hydrogen (secondary N) is 3. The number of rotatable bonds is 6. The fraction of sp³-hybridized carbons (Fsp3) is 0.381. The minimum atomic E-state index is -0.545. The summed E-state index contributed by atoms with van der Waals surface area (Å²) in [6.45, 7) is 3.90. The number of piperazine rings is 1. The molecule has 0 bridgehead atoms. The van der Waals surface area contributed by atoms with Crippen LogP contribution >= 0.6 is 11.6 Å². The molecular weight excluding hydrogens is 419 g/mol. The third kappa shape index (κ3) is 4.57. The van der Waals surface area contributed by atoms with E-state index in [4.69, 9.17) is 11.6 Å². The molecule has 2 aromatic heterocycles. The van der Waals surface area contributed by atoms with Gasteiger partial charge in [-0.1, -0.05) is 11.6 Å². The van der Waals surface area contributed by atoms with Crippen molar-refractivity contribution < 1.29 is 4.39 Å². The number of aromatic amines is 1. The average Bonchev–Trinajstić information content (AvgIpc) is 3.50. The second-order valence-electron chi connectivity index (χ2n) is 8.08. The highest BCUT2D eigenvalue weighted by Crippen LogP contribution is 2.39. The number of hydrogen-bond acceptors (Lipinski definition) is 7. The summed E-state index contributed by atoms with van der Waals surface area (Å²) in [6.07, 6.45) is 3.43. The molecule has 3 heterocycles. The van der Waals surface area contributed by atoms with Gasteiger partial charge in [-0.3, -0.25) is 5.10 Å². The Morgan fingerprint density at radius 2 is 1.94 bits per heavy atom. The van der Waals surface area contributed by atoms with Gasteiger partial charge in [0.15, 0.2) is 11.6 Å². The number of hydrogen-bond donors (Lipinski definition) is 3. The Kier molecular flexibility index (Phi) is 5.37. The highest BCUT2D eigenvalue weighted by atomic mass is 35.5. The maximum absolute atomic E-state index is 14.2. The summed E-state index contributed by atoms with van der Waals surface area (Å²) in [5.74, 6) is 0.914. The van der Waals surface area contributed by atoms with Gasteiger partial charge in [0.25, 0.3) is 0 Å². The predicted molar refractivity (Wildman–Crippen MR) is 120 cm³/mol. The van der Waals surface area contributed by atoms with Gasteiger partial charge in [0.2, 0.25) is 5.95 Å². The molecule has 2 aliphatic rings. The van der Waals surface area contributed by atoms with E-state index in [0.29, 0.717) is 16.8 Å². The second kappa shape index (κ2) is 8.32. The van der Waals surface area contributed by atoms with Gasteiger partial charge in [-0.15, -0.1) is 0 Å². The first-order valence-electron chi connectivity index (χ1n) is 10.4. The Bertz CT molecular complexity index is 1070. The number of benzene rings is 1. The monoisotopic (exact) mass is 442 g/mol. The molecule has 1 aliphatic heterocycles. The standard InChI is InChI=1S/C21H24ClFN8/c1-30-6-8-31(9-7-30)18-5-4-14(10-15(18)22)25-21-24-12-16(23)20(27-21)26-19-11-17(28-29-19)13-2-3-13/h4-5,10-13H,2-3,6-9H2,1H3,(H3,24,25,26,27,28,29). The Morgan fingerprint density at radius 1 is 1.13 bits per heavy atom. The fourth-order valence-corrected chi connectivity index (χ4v) is 3.95. The zero-order valence-electron chi connectivity index (χ0n) is 17.2. The van der Waals surface area contributed by atoms with E-state index in [1.165, 1.54) is 0 Å². The van der Waals surface area contributed by atoms with Crippen LogP contribution in [0.25, 0.3) is 0 Å². The molecule has 0 unspecified atom stereocenters. The van der Waals surface area contributed by atoms with Gasteiger partial charge in [0.05, 0.1) is 22.6 Å². The first kappa shape index (κ1) is 20.0. The summed E-state index contributed by atoms with van der Waals surface area (Å²) >= 11 is 6.54. The van der Waals surface area contributed by atoms with E-state index in [1.807, 2.05) is 24.3 Å². The van der Waals surface area contributed by atoms with Crippen LogP contribution in [0.5, 0.6) is 0 Å². The van der Waals surface area contributed by atoms with Crippen LogP contribution in [0.1, 0.15) is 24.5 Å². The molecule has 0 amide bonds. The van der Waals surface area contributed by atoms with Crippen LogP contribution in [-0.2, 0) is 0 Å². The maximum atomic E-state index is 14.2. The van der Waals surface area contributed by atoms with Crippen molar-refractivity contribution in [1.82, 2.24) is 25.1 Å². The molecule has 1 saturated heterocycles. The van der Waals surface area contributed by atoms with Crippen molar-refractivity contribution in [1.29, 1.82) is 0 Å². The molecule has 1 aliphatic carbocycles. The molecule has 8 nitrogen and oxygen atoms in total. The zero-order chi connectivity index (χ0) is 21.4. The third-order valence-corrected chi connectivity index (χ3v) is 5.94. The van der Waals surface area contributed by atoms with Crippen LogP contribution in [0.4, 0.5) is 33.3 Å². The zero-order valence-corrected chi connectivity index (χ0v) is 18.0. The van der Waals surface area contributed by atoms with Gasteiger partial charge in [-0.05, 0) is 38.1 Å². The maximum Gasteiger partial charge on any atom is 0.229 e. The van der Waals surface area contributed by atoms with E-state index >= 15 is 0 Å². The van der Waals surface area contributed by atoms with E-state index in [2.05, 4.69) is 47.6 Å². The van der Waals surface area contributed by atoms with Gasteiger partial charge in [0, 0.05) is 43.9 Å². The van der Waals surface area contributed by atoms with Gasteiger partial charge in [-0.25, -0.2) is 9.37 Å². The number of likely N-dealkylation sites (N-methyl/N-ethyl adjacent to an activating group) is 1. The average molecular weight is 443 g/mol. The third-order valence-electron chi connectivity index (χ3n) is 5.64. The summed E-state index contributed by atoms with van der Waals surface area (Å²) in [5.41, 5.74) is 2.73. The molecule has 1 aromatic carbocycles. The number of halogens is 2. The van der Waals surface area contributed by atoms with E-state index in [0.717, 1.165) is 62.3 Å². The van der Waals surface area contributed by atoms with Gasteiger partial charge >= 0.3 is 0 Å². The van der Waals surface area contributed by atoms with E-state index < -0.39 is 5.82 Å². The van der Waals surface area contributed by atoms with Crippen molar-refractivity contribution >= 4 is 40.6 Å². The van der Waals surface area contributed by atoms with Gasteiger partial charge in [-0.2, -0.15) is 10.1 Å². The summed E-state index contributed by atoms with van der Waals surface area (Å²) in [6, 6.07) is 7.65. The molecular formula is C21H24ClFN8. The fourth-order valence-electron chi connectivity index (χ4n) is 3.65. The van der Waals surface area contributed by atoms with E-state index in [1.54, 1.807) is 0 Å². The van der Waals surface area contributed by atoms with Crippen LogP contribution in [0, 0.1) is 5.82 Å². The van der Waals surface area contributed by atoms with Crippen molar-refractivity contribution in [3.8, 4) is 0 Å². The molecule has 0 spiro atoms. The summed E-state index contributed by atoms with van der Waals surface area (Å²) in [4.78, 5) is 12.9. The number of H-pyrrole nitrogens is 1. The smallest absolute Gasteiger partial charge is 0.229 e. The van der Waals surface area contributed by atoms with Gasteiger partial charge in [0.1, 0.15) is 5.82 Å². The number of aromatic nitrogens is 4. The lowest BCUT2D eigenvalue weighted by Gasteiger charge is -2.34. The molecule has 10 heteroatoms. The van der Waals surface area contributed by atoms with Crippen molar-refractivity contribution in [3.63, 3.8) is 0 Å². The molecule has 31 heavy (non-hydrogen) atoms. The Balaban J connectivity index is 1.29. The highest BCUT2D eigenvalue weighted by molar-refractivity contribution is 6.33. The van der Waals surface area contributed by atoms with Crippen molar-refractivity contribution in [2.24, 2.45) is 0 Å². The highest BCUT2D eigenvalue weighted by Gasteiger charge is 2.26. The van der Waals surface area contributed by atoms with Crippen LogP contribution in [0.15, 0.2) is 30.5 Å². The number of anilines is 5. The Labute approximate surface area is 184 Å². The van der Waals surface area contributed by atoms with Crippen LogP contribution in [0.2, 0.25) is 5.02 Å². The largest absolute Gasteiger partial charge is 0.368 e. The van der Waals surface area contributed by atoms with Crippen molar-refractivity contribution in [2.75, 3.05) is 48.8 Å². The second-order valence-corrected chi connectivity index (χ2v) is 8.48. The quantitative estimate of drug-likeness (QED) is 0.529. The molecule has 1 saturated carbocycles. The topological polar surface area (TPSA) is 85.0 Å². The van der Waals surface area contributed by atoms with Crippen LogP contribution in [0.3, 0.4) is 0 Å². The normalized spacial score (nSPS) is 17.1. The lowest BCUT2D eigenvalue weighted by atomic mass is 10.2. The molecule has 2 fully saturated rings. The molecule has 3 aromatic rings. The summed E-state index contributed by atoms with van der Waals surface area (Å²) < 4.78 is 14.2. The van der Waals surface area contributed by atoms with E-state index in [-0.39, 0.29) is 11.8 Å². The van der Waals surface area contributed by atoms with E-state index in [9.17, 15) is 4.39 Å². The Morgan fingerprint density at radius 3 is 2.68 bits per heavy atom. The molecule has 0 radical (unpaired) electrons. The Hall–Kier alpha value is -2.91. The summed E-state index contributed by atoms with van der Waals surface area (Å²) in [5, 5.41) is 13.9. The molecule has 162 valence electrons. The van der Waals surface area contributed by atoms with Crippen molar-refractivity contribution in [2.45, 2.75) is 18.8 Å². The molecule has 0 atom stereocenters. The lowest BCUT2D eigenvalue weighted by Crippen LogP contribution is -2.44. The summed E-state index contributed by atoms with van der Waals surface area (Å²) in [7, 11) is 2.12. The molecule has 5 rings (SSSR count). The first-order valence-corrected chi connectivity index (χ1v) is 10.8. The lowest BCUT2D eigenvalue weighted by molar-refractivity contribution is 0.313. The minimum Gasteiger partial charge on any atom is -0.368 e. The van der Waals surface area contributed by atoms with Gasteiger partial charge < -0.3 is 20.4 Å². The predicted octanol–water partition coefficient (Wildman–Crippen LogP) is 4.11. The molecule has 3 N–H and O–H groups in total. The minimum absolute atomic E-state index is 0.0728. The SMILES string of the molecule is CN1CCN(c2ccc(Nc3ncc(F)c(Nc4cc(C5CC5)n[nH]4)n3)cc2Cl)CC1. The van der Waals surface area contributed by atoms with Crippen molar-refractivity contribution in [3.05, 3.63) is 47.0 Å². The first-order chi connectivity index (χ1) is 15.0. The number of nitrogens with zero attached hydrogens (tertiary/aromatic N) is 5. The van der Waals surface area contributed by atoms with Crippen LogP contribution < -0.4 is 15.5 Å².